The first kappa shape index (κ1) is 14.7. The Morgan fingerprint density at radius 2 is 2.25 bits per heavy atom. The highest BCUT2D eigenvalue weighted by Crippen LogP contribution is 2.20. The van der Waals surface area contributed by atoms with Crippen molar-refractivity contribution in [2.75, 3.05) is 18.8 Å². The molecule has 1 atom stereocenters. The smallest absolute Gasteiger partial charge is 0.251 e. The normalized spacial score (nSPS) is 20.3. The molecule has 0 N–H and O–H groups in total. The van der Waals surface area contributed by atoms with Crippen LogP contribution in [0.25, 0.3) is 0 Å². The summed E-state index contributed by atoms with van der Waals surface area (Å²) in [5, 5.41) is 8.93. The first-order valence-corrected chi connectivity index (χ1v) is 8.03. The zero-order valence-electron chi connectivity index (χ0n) is 11.2. The van der Waals surface area contributed by atoms with Gasteiger partial charge >= 0.3 is 0 Å². The number of sulfonamides is 1. The molecule has 2 rings (SSSR count). The van der Waals surface area contributed by atoms with Crippen LogP contribution in [-0.2, 0) is 10.0 Å². The number of hydrogen-bond acceptors (Lipinski definition) is 6. The third-order valence-corrected chi connectivity index (χ3v) is 5.00. The standard InChI is InChI=1S/C12H16N4O3S/c1-2-20(17,18)16-7-3-4-10(9-16)19-12-11(8-13)14-5-6-15-12/h5-6,10H,2-4,7,9H2,1H3/t10-/m0/s1. The Balaban J connectivity index is 2.09. The Morgan fingerprint density at radius 1 is 1.50 bits per heavy atom. The van der Waals surface area contributed by atoms with Crippen molar-refractivity contribution in [3.05, 3.63) is 18.1 Å². The lowest BCUT2D eigenvalue weighted by atomic mass is 10.1. The van der Waals surface area contributed by atoms with Gasteiger partial charge in [0, 0.05) is 18.9 Å². The van der Waals surface area contributed by atoms with Crippen molar-refractivity contribution in [3.8, 4) is 11.9 Å². The first-order valence-electron chi connectivity index (χ1n) is 6.42. The fourth-order valence-corrected chi connectivity index (χ4v) is 3.25. The third-order valence-electron chi connectivity index (χ3n) is 3.15. The second-order valence-corrected chi connectivity index (χ2v) is 6.72. The SMILES string of the molecule is CCS(=O)(=O)N1CCC[C@H](Oc2nccnc2C#N)C1. The van der Waals surface area contributed by atoms with E-state index in [9.17, 15) is 8.42 Å². The van der Waals surface area contributed by atoms with Crippen LogP contribution in [0.5, 0.6) is 5.88 Å². The van der Waals surface area contributed by atoms with Gasteiger partial charge in [0.25, 0.3) is 5.88 Å². The molecule has 0 bridgehead atoms. The van der Waals surface area contributed by atoms with E-state index in [1.807, 2.05) is 6.07 Å². The molecule has 108 valence electrons. The number of hydrogen-bond donors (Lipinski definition) is 0. The molecule has 0 saturated carbocycles. The number of nitriles is 1. The Hall–Kier alpha value is -1.72. The van der Waals surface area contributed by atoms with Crippen molar-refractivity contribution >= 4 is 10.0 Å². The van der Waals surface area contributed by atoms with Gasteiger partial charge in [-0.05, 0) is 19.8 Å². The molecular weight excluding hydrogens is 280 g/mol. The van der Waals surface area contributed by atoms with E-state index in [4.69, 9.17) is 10.00 Å². The minimum atomic E-state index is -3.21. The Bertz CT molecular complexity index is 611. The van der Waals surface area contributed by atoms with Gasteiger partial charge < -0.3 is 4.74 Å². The lowest BCUT2D eigenvalue weighted by Gasteiger charge is -2.31. The predicted molar refractivity (Wildman–Crippen MR) is 71.4 cm³/mol. The van der Waals surface area contributed by atoms with Crippen LogP contribution in [-0.4, -0.2) is 47.6 Å². The van der Waals surface area contributed by atoms with Crippen molar-refractivity contribution in [1.82, 2.24) is 14.3 Å². The molecule has 1 aliphatic rings. The highest BCUT2D eigenvalue weighted by atomic mass is 32.2. The molecule has 1 aromatic rings. The van der Waals surface area contributed by atoms with Gasteiger partial charge in [-0.1, -0.05) is 0 Å². The molecule has 1 saturated heterocycles. The minimum Gasteiger partial charge on any atom is -0.471 e. The topological polar surface area (TPSA) is 96.2 Å². The fourth-order valence-electron chi connectivity index (χ4n) is 2.08. The van der Waals surface area contributed by atoms with E-state index in [0.29, 0.717) is 6.54 Å². The first-order chi connectivity index (χ1) is 9.56. The van der Waals surface area contributed by atoms with Crippen LogP contribution in [0.1, 0.15) is 25.5 Å². The molecule has 0 aliphatic carbocycles. The van der Waals surface area contributed by atoms with Crippen LogP contribution in [0.4, 0.5) is 0 Å². The number of nitrogens with zero attached hydrogens (tertiary/aromatic N) is 4. The molecule has 0 unspecified atom stereocenters. The third kappa shape index (κ3) is 3.23. The molecule has 0 aromatic carbocycles. The average molecular weight is 296 g/mol. The Morgan fingerprint density at radius 3 is 2.95 bits per heavy atom. The predicted octanol–water partition coefficient (Wildman–Crippen LogP) is 0.541. The molecule has 20 heavy (non-hydrogen) atoms. The summed E-state index contributed by atoms with van der Waals surface area (Å²) in [4.78, 5) is 7.84. The minimum absolute atomic E-state index is 0.0777. The highest BCUT2D eigenvalue weighted by Gasteiger charge is 2.29. The van der Waals surface area contributed by atoms with Gasteiger partial charge in [0.15, 0.2) is 0 Å². The molecule has 1 fully saturated rings. The van der Waals surface area contributed by atoms with E-state index in [2.05, 4.69) is 9.97 Å². The van der Waals surface area contributed by atoms with Gasteiger partial charge in [0.05, 0.1) is 12.3 Å². The van der Waals surface area contributed by atoms with Crippen molar-refractivity contribution in [3.63, 3.8) is 0 Å². The second-order valence-electron chi connectivity index (χ2n) is 4.46. The van der Waals surface area contributed by atoms with Crippen LogP contribution in [0.15, 0.2) is 12.4 Å². The van der Waals surface area contributed by atoms with E-state index in [-0.39, 0.29) is 30.0 Å². The summed E-state index contributed by atoms with van der Waals surface area (Å²) in [6.07, 6.45) is 4.02. The summed E-state index contributed by atoms with van der Waals surface area (Å²) in [6, 6.07) is 1.91. The van der Waals surface area contributed by atoms with Gasteiger partial charge in [-0.15, -0.1) is 0 Å². The Kier molecular flexibility index (Phi) is 4.52. The van der Waals surface area contributed by atoms with E-state index in [1.54, 1.807) is 6.92 Å². The van der Waals surface area contributed by atoms with E-state index >= 15 is 0 Å². The number of piperidine rings is 1. The molecule has 0 amide bonds. The van der Waals surface area contributed by atoms with Crippen molar-refractivity contribution in [2.24, 2.45) is 0 Å². The maximum absolute atomic E-state index is 11.9. The summed E-state index contributed by atoms with van der Waals surface area (Å²) in [5.74, 6) is 0.240. The molecule has 7 nitrogen and oxygen atoms in total. The van der Waals surface area contributed by atoms with Gasteiger partial charge in [-0.3, -0.25) is 0 Å². The summed E-state index contributed by atoms with van der Waals surface area (Å²) >= 11 is 0. The average Bonchev–Trinajstić information content (AvgIpc) is 2.48. The zero-order valence-corrected chi connectivity index (χ0v) is 12.0. The maximum Gasteiger partial charge on any atom is 0.251 e. The summed E-state index contributed by atoms with van der Waals surface area (Å²) in [7, 11) is -3.21. The molecule has 0 spiro atoms. The molecule has 2 heterocycles. The van der Waals surface area contributed by atoms with Gasteiger partial charge in [-0.25, -0.2) is 18.4 Å². The Labute approximate surface area is 118 Å². The van der Waals surface area contributed by atoms with Crippen molar-refractivity contribution in [1.29, 1.82) is 5.26 Å². The van der Waals surface area contributed by atoms with Crippen LogP contribution >= 0.6 is 0 Å². The van der Waals surface area contributed by atoms with Gasteiger partial charge in [0.1, 0.15) is 12.2 Å². The molecule has 1 aliphatic heterocycles. The largest absolute Gasteiger partial charge is 0.471 e. The summed E-state index contributed by atoms with van der Waals surface area (Å²) in [5.41, 5.74) is 0.114. The van der Waals surface area contributed by atoms with E-state index < -0.39 is 10.0 Å². The van der Waals surface area contributed by atoms with Crippen LogP contribution in [0, 0.1) is 11.3 Å². The highest BCUT2D eigenvalue weighted by molar-refractivity contribution is 7.89. The molecule has 1 aromatic heterocycles. The fraction of sp³-hybridized carbons (Fsp3) is 0.583. The van der Waals surface area contributed by atoms with Crippen molar-refractivity contribution in [2.45, 2.75) is 25.9 Å². The monoisotopic (exact) mass is 296 g/mol. The summed E-state index contributed by atoms with van der Waals surface area (Å²) < 4.78 is 30.8. The van der Waals surface area contributed by atoms with Crippen LogP contribution in [0.2, 0.25) is 0 Å². The molecule has 0 radical (unpaired) electrons. The van der Waals surface area contributed by atoms with Crippen molar-refractivity contribution < 1.29 is 13.2 Å². The number of rotatable bonds is 4. The molecule has 8 heteroatoms. The quantitative estimate of drug-likeness (QED) is 0.804. The number of aromatic nitrogens is 2. The van der Waals surface area contributed by atoms with Gasteiger partial charge in [-0.2, -0.15) is 9.57 Å². The maximum atomic E-state index is 11.9. The second kappa shape index (κ2) is 6.15. The van der Waals surface area contributed by atoms with Gasteiger partial charge in [0.2, 0.25) is 15.7 Å². The lowest BCUT2D eigenvalue weighted by Crippen LogP contribution is -2.45. The lowest BCUT2D eigenvalue weighted by molar-refractivity contribution is 0.124. The van der Waals surface area contributed by atoms with E-state index in [0.717, 1.165) is 12.8 Å². The number of ether oxygens (including phenoxy) is 1. The zero-order chi connectivity index (χ0) is 14.6. The molecular formula is C12H16N4O3S. The summed E-state index contributed by atoms with van der Waals surface area (Å²) in [6.45, 7) is 2.43. The van der Waals surface area contributed by atoms with E-state index in [1.165, 1.54) is 16.7 Å². The van der Waals surface area contributed by atoms with Crippen LogP contribution < -0.4 is 4.74 Å². The van der Waals surface area contributed by atoms with Crippen LogP contribution in [0.3, 0.4) is 0 Å².